The molecule has 0 bridgehead atoms. The largest absolute Gasteiger partial charge is 0.339 e. The predicted octanol–water partition coefficient (Wildman–Crippen LogP) is 5.51. The van der Waals surface area contributed by atoms with Gasteiger partial charge in [0.15, 0.2) is 5.78 Å². The molecule has 2 aliphatic rings. The van der Waals surface area contributed by atoms with Crippen molar-refractivity contribution in [1.29, 1.82) is 0 Å². The van der Waals surface area contributed by atoms with Gasteiger partial charge < -0.3 is 20.0 Å². The van der Waals surface area contributed by atoms with Gasteiger partial charge in [0, 0.05) is 43.0 Å². The summed E-state index contributed by atoms with van der Waals surface area (Å²) in [5, 5.41) is 3.08. The Balaban J connectivity index is 1.19. The second-order valence-electron chi connectivity index (χ2n) is 11.0. The standard InChI is InChI=1S/C33H36BrFN4O3/c34-23-31(41)36-28-14-8-25(9-15-28)16-20-38-24-39(29-5-2-1-3-6-29)33(32(38)42)17-21-37(22-18-33)19-4-7-30(40)26-10-12-27(35)13-11-26/h1-3,5-6,8-15H,4,7,16-24H2,(H,36,41). The van der Waals surface area contributed by atoms with Crippen molar-refractivity contribution >= 4 is 44.9 Å². The van der Waals surface area contributed by atoms with Gasteiger partial charge in [0.1, 0.15) is 11.4 Å². The third kappa shape index (κ3) is 6.90. The predicted molar refractivity (Wildman–Crippen MR) is 166 cm³/mol. The average Bonchev–Trinajstić information content (AvgIpc) is 3.28. The first-order valence-electron chi connectivity index (χ1n) is 14.5. The number of benzene rings is 3. The lowest BCUT2D eigenvalue weighted by atomic mass is 9.85. The van der Waals surface area contributed by atoms with Gasteiger partial charge in [-0.25, -0.2) is 4.39 Å². The fourth-order valence-corrected chi connectivity index (χ4v) is 6.12. The van der Waals surface area contributed by atoms with Crippen molar-refractivity contribution in [3.8, 4) is 0 Å². The number of Topliss-reactive ketones (excluding diaryl/α,β-unsaturated/α-hetero) is 1. The summed E-state index contributed by atoms with van der Waals surface area (Å²) in [5.41, 5.74) is 2.88. The minimum Gasteiger partial charge on any atom is -0.339 e. The lowest BCUT2D eigenvalue weighted by molar-refractivity contribution is -0.133. The van der Waals surface area contributed by atoms with Gasteiger partial charge in [0.05, 0.1) is 12.0 Å². The Morgan fingerprint density at radius 3 is 2.26 bits per heavy atom. The quantitative estimate of drug-likeness (QED) is 0.223. The minimum absolute atomic E-state index is 0.0265. The number of alkyl halides is 1. The van der Waals surface area contributed by atoms with Crippen molar-refractivity contribution in [3.63, 3.8) is 0 Å². The van der Waals surface area contributed by atoms with Crippen molar-refractivity contribution in [2.45, 2.75) is 37.6 Å². The number of piperidine rings is 1. The number of carbonyl (C=O) groups is 3. The SMILES string of the molecule is O=C(CBr)Nc1ccc(CCN2CN(c3ccccc3)C3(CCN(CCCC(=O)c4ccc(F)cc4)CC3)C2=O)cc1. The van der Waals surface area contributed by atoms with E-state index in [1.165, 1.54) is 12.1 Å². The van der Waals surface area contributed by atoms with Crippen LogP contribution in [0.1, 0.15) is 41.6 Å². The first-order chi connectivity index (χ1) is 20.4. The van der Waals surface area contributed by atoms with Crippen LogP contribution in [0.2, 0.25) is 0 Å². The van der Waals surface area contributed by atoms with E-state index in [1.54, 1.807) is 12.1 Å². The van der Waals surface area contributed by atoms with Crippen molar-refractivity contribution in [2.24, 2.45) is 0 Å². The number of anilines is 2. The molecule has 2 heterocycles. The maximum Gasteiger partial charge on any atom is 0.250 e. The first kappa shape index (κ1) is 29.9. The van der Waals surface area contributed by atoms with Crippen LogP contribution >= 0.6 is 15.9 Å². The van der Waals surface area contributed by atoms with Crippen molar-refractivity contribution in [3.05, 3.63) is 95.8 Å². The highest BCUT2D eigenvalue weighted by molar-refractivity contribution is 9.09. The number of halogens is 2. The number of ketones is 1. The number of nitrogens with zero attached hydrogens (tertiary/aromatic N) is 3. The number of likely N-dealkylation sites (tertiary alicyclic amines) is 1. The van der Waals surface area contributed by atoms with E-state index in [1.807, 2.05) is 47.4 Å². The van der Waals surface area contributed by atoms with Crippen LogP contribution in [0.4, 0.5) is 15.8 Å². The molecule has 3 aromatic carbocycles. The molecule has 0 radical (unpaired) electrons. The van der Waals surface area contributed by atoms with E-state index >= 15 is 0 Å². The fraction of sp³-hybridized carbons (Fsp3) is 0.364. The summed E-state index contributed by atoms with van der Waals surface area (Å²) >= 11 is 3.16. The molecule has 3 aromatic rings. The average molecular weight is 636 g/mol. The number of hydrogen-bond acceptors (Lipinski definition) is 5. The van der Waals surface area contributed by atoms with Gasteiger partial charge in [-0.2, -0.15) is 0 Å². The lowest BCUT2D eigenvalue weighted by Crippen LogP contribution is -2.56. The molecular formula is C33H36BrFN4O3. The molecule has 0 aliphatic carbocycles. The molecule has 0 saturated carbocycles. The maximum atomic E-state index is 14.0. The molecule has 220 valence electrons. The molecule has 0 unspecified atom stereocenters. The summed E-state index contributed by atoms with van der Waals surface area (Å²) in [6, 6.07) is 23.7. The van der Waals surface area contributed by atoms with Gasteiger partial charge in [-0.05, 0) is 86.3 Å². The molecule has 0 atom stereocenters. The number of hydrogen-bond donors (Lipinski definition) is 1. The van der Waals surface area contributed by atoms with Crippen LogP contribution in [0, 0.1) is 5.82 Å². The summed E-state index contributed by atoms with van der Waals surface area (Å²) in [5.74, 6) is -0.233. The Labute approximate surface area is 254 Å². The van der Waals surface area contributed by atoms with E-state index in [9.17, 15) is 18.8 Å². The lowest BCUT2D eigenvalue weighted by Gasteiger charge is -2.43. The van der Waals surface area contributed by atoms with Crippen LogP contribution in [0.5, 0.6) is 0 Å². The fourth-order valence-electron chi connectivity index (χ4n) is 5.98. The van der Waals surface area contributed by atoms with Crippen molar-refractivity contribution < 1.29 is 18.8 Å². The Kier molecular flexibility index (Phi) is 9.69. The summed E-state index contributed by atoms with van der Waals surface area (Å²) in [6.45, 7) is 3.53. The van der Waals surface area contributed by atoms with Gasteiger partial charge in [0.2, 0.25) is 11.8 Å². The molecular weight excluding hydrogens is 599 g/mol. The Morgan fingerprint density at radius 2 is 1.60 bits per heavy atom. The van der Waals surface area contributed by atoms with Gasteiger partial charge in [-0.1, -0.05) is 46.3 Å². The maximum absolute atomic E-state index is 14.0. The molecule has 1 N–H and O–H groups in total. The van der Waals surface area contributed by atoms with E-state index in [2.05, 4.69) is 43.2 Å². The zero-order valence-electron chi connectivity index (χ0n) is 23.6. The normalized spacial score (nSPS) is 16.7. The molecule has 2 saturated heterocycles. The van der Waals surface area contributed by atoms with Crippen LogP contribution in [0.25, 0.3) is 0 Å². The topological polar surface area (TPSA) is 73.0 Å². The first-order valence-corrected chi connectivity index (χ1v) is 15.6. The second kappa shape index (κ2) is 13.6. The number of carbonyl (C=O) groups excluding carboxylic acids is 3. The highest BCUT2D eigenvalue weighted by Gasteiger charge is 2.53. The highest BCUT2D eigenvalue weighted by Crippen LogP contribution is 2.39. The van der Waals surface area contributed by atoms with E-state index in [4.69, 9.17) is 0 Å². The molecule has 5 rings (SSSR count). The monoisotopic (exact) mass is 634 g/mol. The number of rotatable bonds is 11. The van der Waals surface area contributed by atoms with Gasteiger partial charge >= 0.3 is 0 Å². The number of nitrogens with one attached hydrogen (secondary N) is 1. The molecule has 0 aromatic heterocycles. The zero-order chi connectivity index (χ0) is 29.5. The number of para-hydroxylation sites is 1. The van der Waals surface area contributed by atoms with Crippen LogP contribution in [0.3, 0.4) is 0 Å². The minimum atomic E-state index is -0.578. The molecule has 2 fully saturated rings. The van der Waals surface area contributed by atoms with Gasteiger partial charge in [-0.15, -0.1) is 0 Å². The van der Waals surface area contributed by atoms with E-state index in [0.717, 1.165) is 62.3 Å². The summed E-state index contributed by atoms with van der Waals surface area (Å²) in [7, 11) is 0. The smallest absolute Gasteiger partial charge is 0.250 e. The second-order valence-corrected chi connectivity index (χ2v) is 11.6. The van der Waals surface area contributed by atoms with Gasteiger partial charge in [0.25, 0.3) is 0 Å². The number of amides is 2. The Hall–Kier alpha value is -3.56. The van der Waals surface area contributed by atoms with Crippen LogP contribution in [-0.2, 0) is 16.0 Å². The molecule has 2 amide bonds. The summed E-state index contributed by atoms with van der Waals surface area (Å²) in [4.78, 5) is 44.8. The molecule has 1 spiro atoms. The molecule has 2 aliphatic heterocycles. The van der Waals surface area contributed by atoms with Crippen LogP contribution in [0.15, 0.2) is 78.9 Å². The van der Waals surface area contributed by atoms with Crippen LogP contribution in [-0.4, -0.2) is 71.1 Å². The van der Waals surface area contributed by atoms with Crippen molar-refractivity contribution in [2.75, 3.05) is 48.4 Å². The molecule has 9 heteroatoms. The molecule has 7 nitrogen and oxygen atoms in total. The third-order valence-corrected chi connectivity index (χ3v) is 8.85. The van der Waals surface area contributed by atoms with E-state index in [-0.39, 0.29) is 28.7 Å². The third-order valence-electron chi connectivity index (χ3n) is 8.34. The van der Waals surface area contributed by atoms with Crippen molar-refractivity contribution in [1.82, 2.24) is 9.80 Å². The van der Waals surface area contributed by atoms with Crippen LogP contribution < -0.4 is 10.2 Å². The highest BCUT2D eigenvalue weighted by atomic mass is 79.9. The Bertz CT molecular complexity index is 1380. The summed E-state index contributed by atoms with van der Waals surface area (Å²) in [6.07, 6.45) is 3.33. The van der Waals surface area contributed by atoms with E-state index < -0.39 is 5.54 Å². The van der Waals surface area contributed by atoms with Gasteiger partial charge in [-0.3, -0.25) is 14.4 Å². The Morgan fingerprint density at radius 1 is 0.905 bits per heavy atom. The summed E-state index contributed by atoms with van der Waals surface area (Å²) < 4.78 is 13.2. The molecule has 42 heavy (non-hydrogen) atoms. The van der Waals surface area contributed by atoms with E-state index in [0.29, 0.717) is 25.2 Å². The zero-order valence-corrected chi connectivity index (χ0v) is 25.2.